The molecule has 1 amide bonds. The number of ether oxygens (including phenoxy) is 2. The highest BCUT2D eigenvalue weighted by Gasteiger charge is 2.25. The number of amides is 1. The molecule has 1 heterocycles. The van der Waals surface area contributed by atoms with Gasteiger partial charge in [-0.3, -0.25) is 4.79 Å². The van der Waals surface area contributed by atoms with Crippen LogP contribution in [0.5, 0.6) is 5.75 Å². The summed E-state index contributed by atoms with van der Waals surface area (Å²) >= 11 is 7.73. The second-order valence-electron chi connectivity index (χ2n) is 6.38. The van der Waals surface area contributed by atoms with Crippen LogP contribution >= 0.6 is 23.4 Å². The zero-order chi connectivity index (χ0) is 20.3. The lowest BCUT2D eigenvalue weighted by Gasteiger charge is -2.22. The standard InChI is InChI=1S/C20H21ClN2O4S/c1-12-7-8-23(16-5-3-4-6-18(16)28-12)19(24)11-27-20(25)13-9-14(21)15(22)10-17(13)26-2/h3-6,9-10,12H,7-8,11,22H2,1-2H3/t12-/m0/s1. The van der Waals surface area contributed by atoms with Crippen LogP contribution in [-0.4, -0.2) is 37.4 Å². The van der Waals surface area contributed by atoms with Gasteiger partial charge in [0, 0.05) is 22.8 Å². The monoisotopic (exact) mass is 420 g/mol. The summed E-state index contributed by atoms with van der Waals surface area (Å²) in [6.07, 6.45) is 0.848. The first-order chi connectivity index (χ1) is 13.4. The Morgan fingerprint density at radius 2 is 2.07 bits per heavy atom. The molecule has 0 saturated carbocycles. The molecule has 0 bridgehead atoms. The summed E-state index contributed by atoms with van der Waals surface area (Å²) in [6.45, 7) is 2.32. The summed E-state index contributed by atoms with van der Waals surface area (Å²) in [4.78, 5) is 28.0. The van der Waals surface area contributed by atoms with Gasteiger partial charge in [-0.25, -0.2) is 4.79 Å². The minimum Gasteiger partial charge on any atom is -0.496 e. The third-order valence-electron chi connectivity index (χ3n) is 4.41. The minimum absolute atomic E-state index is 0.120. The summed E-state index contributed by atoms with van der Waals surface area (Å²) in [5, 5.41) is 0.606. The number of hydrogen-bond donors (Lipinski definition) is 1. The summed E-state index contributed by atoms with van der Waals surface area (Å²) < 4.78 is 10.4. The Kier molecular flexibility index (Phi) is 6.36. The predicted octanol–water partition coefficient (Wildman–Crippen LogP) is 4.01. The van der Waals surface area contributed by atoms with Crippen molar-refractivity contribution in [2.45, 2.75) is 23.5 Å². The molecule has 0 spiro atoms. The number of carbonyl (C=O) groups is 2. The van der Waals surface area contributed by atoms with Gasteiger partial charge in [-0.1, -0.05) is 30.7 Å². The molecule has 1 aliphatic rings. The van der Waals surface area contributed by atoms with Crippen LogP contribution in [0.25, 0.3) is 0 Å². The first-order valence-corrected chi connectivity index (χ1v) is 10.0. The van der Waals surface area contributed by atoms with Crippen LogP contribution < -0.4 is 15.4 Å². The molecule has 3 rings (SSSR count). The lowest BCUT2D eigenvalue weighted by Crippen LogP contribution is -2.35. The molecule has 0 aromatic heterocycles. The Morgan fingerprint density at radius 1 is 1.32 bits per heavy atom. The van der Waals surface area contributed by atoms with E-state index in [1.54, 1.807) is 16.7 Å². The number of benzene rings is 2. The topological polar surface area (TPSA) is 81.9 Å². The highest BCUT2D eigenvalue weighted by atomic mass is 35.5. The number of rotatable bonds is 4. The third-order valence-corrected chi connectivity index (χ3v) is 5.97. The van der Waals surface area contributed by atoms with Gasteiger partial charge in [0.2, 0.25) is 0 Å². The zero-order valence-corrected chi connectivity index (χ0v) is 17.2. The van der Waals surface area contributed by atoms with E-state index >= 15 is 0 Å². The predicted molar refractivity (Wildman–Crippen MR) is 111 cm³/mol. The number of para-hydroxylation sites is 1. The molecule has 8 heteroatoms. The van der Waals surface area contributed by atoms with E-state index in [9.17, 15) is 9.59 Å². The first kappa shape index (κ1) is 20.4. The Bertz CT molecular complexity index is 906. The van der Waals surface area contributed by atoms with Gasteiger partial charge in [-0.2, -0.15) is 0 Å². The van der Waals surface area contributed by atoms with E-state index in [2.05, 4.69) is 6.92 Å². The average molecular weight is 421 g/mol. The van der Waals surface area contributed by atoms with Crippen molar-refractivity contribution >= 4 is 46.6 Å². The molecular formula is C20H21ClN2O4S. The van der Waals surface area contributed by atoms with Gasteiger partial charge in [0.15, 0.2) is 6.61 Å². The average Bonchev–Trinajstić information content (AvgIpc) is 2.85. The van der Waals surface area contributed by atoms with Gasteiger partial charge >= 0.3 is 5.97 Å². The number of nitrogens with two attached hydrogens (primary N) is 1. The molecule has 28 heavy (non-hydrogen) atoms. The van der Waals surface area contributed by atoms with E-state index in [1.807, 2.05) is 24.3 Å². The van der Waals surface area contributed by atoms with E-state index in [1.165, 1.54) is 19.2 Å². The number of hydrogen-bond acceptors (Lipinski definition) is 6. The summed E-state index contributed by atoms with van der Waals surface area (Å²) in [6, 6.07) is 10.6. The molecule has 6 nitrogen and oxygen atoms in total. The molecule has 148 valence electrons. The van der Waals surface area contributed by atoms with Crippen LogP contribution in [0.1, 0.15) is 23.7 Å². The van der Waals surface area contributed by atoms with Crippen molar-refractivity contribution in [3.63, 3.8) is 0 Å². The largest absolute Gasteiger partial charge is 0.496 e. The Hall–Kier alpha value is -2.38. The number of nitrogens with zero attached hydrogens (tertiary/aromatic N) is 1. The Labute approximate surface area is 172 Å². The van der Waals surface area contributed by atoms with E-state index in [-0.39, 0.29) is 28.8 Å². The molecule has 2 aromatic carbocycles. The van der Waals surface area contributed by atoms with Crippen molar-refractivity contribution in [1.82, 2.24) is 0 Å². The molecule has 0 radical (unpaired) electrons. The van der Waals surface area contributed by atoms with Crippen molar-refractivity contribution in [2.75, 3.05) is 30.9 Å². The lowest BCUT2D eigenvalue weighted by molar-refractivity contribution is -0.121. The van der Waals surface area contributed by atoms with Gasteiger partial charge in [-0.05, 0) is 24.6 Å². The number of carbonyl (C=O) groups excluding carboxylic acids is 2. The van der Waals surface area contributed by atoms with Crippen molar-refractivity contribution in [3.05, 3.63) is 47.0 Å². The first-order valence-electron chi connectivity index (χ1n) is 8.77. The maximum atomic E-state index is 12.8. The van der Waals surface area contributed by atoms with E-state index in [4.69, 9.17) is 26.8 Å². The normalized spacial score (nSPS) is 16.1. The molecule has 1 atom stereocenters. The fourth-order valence-corrected chi connectivity index (χ4v) is 4.20. The van der Waals surface area contributed by atoms with Gasteiger partial charge in [-0.15, -0.1) is 11.8 Å². The van der Waals surface area contributed by atoms with Crippen LogP contribution in [0.2, 0.25) is 5.02 Å². The number of methoxy groups -OCH3 is 1. The summed E-state index contributed by atoms with van der Waals surface area (Å²) in [7, 11) is 1.41. The van der Waals surface area contributed by atoms with Gasteiger partial charge in [0.25, 0.3) is 5.91 Å². The molecule has 0 saturated heterocycles. The quantitative estimate of drug-likeness (QED) is 0.594. The molecule has 1 aliphatic heterocycles. The number of nitrogen functional groups attached to an aromatic ring is 1. The van der Waals surface area contributed by atoms with E-state index in [0.29, 0.717) is 17.5 Å². The van der Waals surface area contributed by atoms with Gasteiger partial charge < -0.3 is 20.1 Å². The molecule has 0 unspecified atom stereocenters. The lowest BCUT2D eigenvalue weighted by atomic mass is 10.2. The second kappa shape index (κ2) is 8.75. The zero-order valence-electron chi connectivity index (χ0n) is 15.6. The van der Waals surface area contributed by atoms with Crippen LogP contribution in [0.3, 0.4) is 0 Å². The summed E-state index contributed by atoms with van der Waals surface area (Å²) in [5.41, 5.74) is 6.98. The van der Waals surface area contributed by atoms with Crippen LogP contribution in [0.4, 0.5) is 11.4 Å². The number of thioether (sulfide) groups is 1. The molecule has 0 fully saturated rings. The maximum Gasteiger partial charge on any atom is 0.342 e. The smallest absolute Gasteiger partial charge is 0.342 e. The van der Waals surface area contributed by atoms with Gasteiger partial charge in [0.1, 0.15) is 11.3 Å². The highest BCUT2D eigenvalue weighted by Crippen LogP contribution is 2.37. The minimum atomic E-state index is -0.696. The van der Waals surface area contributed by atoms with Crippen LogP contribution in [0.15, 0.2) is 41.3 Å². The van der Waals surface area contributed by atoms with Gasteiger partial charge in [0.05, 0.1) is 23.5 Å². The van der Waals surface area contributed by atoms with Crippen molar-refractivity contribution < 1.29 is 19.1 Å². The van der Waals surface area contributed by atoms with Crippen molar-refractivity contribution in [2.24, 2.45) is 0 Å². The third kappa shape index (κ3) is 4.36. The van der Waals surface area contributed by atoms with E-state index in [0.717, 1.165) is 17.0 Å². The maximum absolute atomic E-state index is 12.8. The Balaban J connectivity index is 1.74. The highest BCUT2D eigenvalue weighted by molar-refractivity contribution is 8.00. The molecule has 0 aliphatic carbocycles. The molecule has 2 aromatic rings. The second-order valence-corrected chi connectivity index (χ2v) is 8.27. The number of esters is 1. The fourth-order valence-electron chi connectivity index (χ4n) is 2.93. The van der Waals surface area contributed by atoms with E-state index < -0.39 is 5.97 Å². The number of halogens is 1. The molecular weight excluding hydrogens is 400 g/mol. The van der Waals surface area contributed by atoms with Crippen molar-refractivity contribution in [1.29, 1.82) is 0 Å². The van der Waals surface area contributed by atoms with Crippen molar-refractivity contribution in [3.8, 4) is 5.75 Å². The molecule has 2 N–H and O–H groups in total. The number of fused-ring (bicyclic) bond motifs is 1. The van der Waals surface area contributed by atoms with Crippen LogP contribution in [-0.2, 0) is 9.53 Å². The number of anilines is 2. The SMILES string of the molecule is COc1cc(N)c(Cl)cc1C(=O)OCC(=O)N1CC[C@H](C)Sc2ccccc21. The Morgan fingerprint density at radius 3 is 2.82 bits per heavy atom. The fraction of sp³-hybridized carbons (Fsp3) is 0.300. The summed E-state index contributed by atoms with van der Waals surface area (Å²) in [5.74, 6) is -0.737. The van der Waals surface area contributed by atoms with Crippen LogP contribution in [0, 0.1) is 0 Å².